The van der Waals surface area contributed by atoms with Gasteiger partial charge in [-0.3, -0.25) is 14.4 Å². The van der Waals surface area contributed by atoms with Gasteiger partial charge in [0.05, 0.1) is 29.8 Å². The molecule has 0 spiro atoms. The topological polar surface area (TPSA) is 166 Å². The number of hydrogen-bond donors (Lipinski definition) is 4. The number of amides is 2. The minimum absolute atomic E-state index is 0.110. The van der Waals surface area contributed by atoms with Gasteiger partial charge >= 0.3 is 6.09 Å². The van der Waals surface area contributed by atoms with Crippen LogP contribution in [0.4, 0.5) is 4.79 Å². The molecule has 2 aliphatic rings. The number of allylic oxidation sites excluding steroid dienone is 4. The Morgan fingerprint density at radius 3 is 1.97 bits per heavy atom. The van der Waals surface area contributed by atoms with E-state index in [1.165, 1.54) is 42.3 Å². The summed E-state index contributed by atoms with van der Waals surface area (Å²) in [5, 5.41) is 21.6. The zero-order valence-corrected chi connectivity index (χ0v) is 38.9. The van der Waals surface area contributed by atoms with Crippen molar-refractivity contribution in [1.82, 2.24) is 10.6 Å². The summed E-state index contributed by atoms with van der Waals surface area (Å²) < 4.78 is 16.9. The molecule has 2 bridgehead atoms. The smallest absolute Gasteiger partial charge is 0.405 e. The number of Topliss-reactive ketones (excluding diaryl/α,β-unsaturated/α-hetero) is 1. The average molecular weight is 891 g/mol. The maximum atomic E-state index is 14.2. The molecule has 0 aromatic heterocycles. The number of nitrogens with two attached hydrogens (primary N) is 1. The van der Waals surface area contributed by atoms with Gasteiger partial charge in [0.25, 0.3) is 5.91 Å². The SMILES string of the molecule is CO[C@H]1/C=C\C=C(/C)C(=O)NC2=CC(=O)C(NCCCCCC[P+](c3ccccc3)(c3ccccc3)c3ccccc3)=C(C[C@@H](C)C[C@H](OC)[C@H](O)[C@@H](C)/C=C(\C)[C@@H]1OC(N)=O)C2=O. The number of aliphatic hydroxyl groups excluding tert-OH is 1. The molecule has 340 valence electrons. The van der Waals surface area contributed by atoms with E-state index in [-0.39, 0.29) is 34.9 Å². The van der Waals surface area contributed by atoms with Crippen LogP contribution in [0.25, 0.3) is 0 Å². The average Bonchev–Trinajstić information content (AvgIpc) is 3.29. The van der Waals surface area contributed by atoms with Crippen molar-refractivity contribution in [2.75, 3.05) is 26.9 Å². The third kappa shape index (κ3) is 12.6. The maximum Gasteiger partial charge on any atom is 0.405 e. The Balaban J connectivity index is 1.34. The number of fused-ring (bicyclic) bond motifs is 2. The quantitative estimate of drug-likeness (QED) is 0.0583. The van der Waals surface area contributed by atoms with Crippen LogP contribution in [0.5, 0.6) is 0 Å². The molecule has 5 N–H and O–H groups in total. The molecular formula is C52H65N3O8P+. The molecule has 1 aliphatic heterocycles. The van der Waals surface area contributed by atoms with Crippen molar-refractivity contribution in [2.24, 2.45) is 17.6 Å². The first kappa shape index (κ1) is 49.6. The van der Waals surface area contributed by atoms with Crippen molar-refractivity contribution < 1.29 is 38.5 Å². The highest BCUT2D eigenvalue weighted by Gasteiger charge is 2.44. The molecule has 0 unspecified atom stereocenters. The normalized spacial score (nSPS) is 25.0. The van der Waals surface area contributed by atoms with Crippen LogP contribution in [0.1, 0.15) is 66.2 Å². The molecule has 0 saturated heterocycles. The Labute approximate surface area is 379 Å². The van der Waals surface area contributed by atoms with Crippen molar-refractivity contribution in [2.45, 2.75) is 90.6 Å². The van der Waals surface area contributed by atoms with E-state index < -0.39 is 61.2 Å². The fourth-order valence-corrected chi connectivity index (χ4v) is 13.1. The van der Waals surface area contributed by atoms with Crippen molar-refractivity contribution in [3.63, 3.8) is 0 Å². The highest BCUT2D eigenvalue weighted by atomic mass is 31.2. The third-order valence-electron chi connectivity index (χ3n) is 12.1. The third-order valence-corrected chi connectivity index (χ3v) is 16.6. The monoisotopic (exact) mass is 890 g/mol. The van der Waals surface area contributed by atoms with E-state index >= 15 is 0 Å². The Kier molecular flexibility index (Phi) is 18.6. The van der Waals surface area contributed by atoms with Crippen molar-refractivity contribution >= 4 is 46.7 Å². The lowest BCUT2D eigenvalue weighted by Gasteiger charge is -2.30. The summed E-state index contributed by atoms with van der Waals surface area (Å²) in [6, 6.07) is 32.6. The minimum Gasteiger partial charge on any atom is -0.439 e. The molecule has 5 rings (SSSR count). The van der Waals surface area contributed by atoms with Gasteiger partial charge < -0.3 is 35.7 Å². The summed E-state index contributed by atoms with van der Waals surface area (Å²) in [6.45, 7) is 7.58. The highest BCUT2D eigenvalue weighted by molar-refractivity contribution is 7.95. The van der Waals surface area contributed by atoms with Gasteiger partial charge in [-0.25, -0.2) is 4.79 Å². The van der Waals surface area contributed by atoms with Gasteiger partial charge in [0, 0.05) is 43.9 Å². The molecule has 3 aromatic carbocycles. The van der Waals surface area contributed by atoms with E-state index in [9.17, 15) is 24.3 Å². The van der Waals surface area contributed by atoms with E-state index in [2.05, 4.69) is 102 Å². The number of rotatable bonds is 14. The van der Waals surface area contributed by atoms with Gasteiger partial charge in [0.15, 0.2) is 6.10 Å². The summed E-state index contributed by atoms with van der Waals surface area (Å²) in [7, 11) is 1.03. The van der Waals surface area contributed by atoms with Gasteiger partial charge in [-0.15, -0.1) is 0 Å². The largest absolute Gasteiger partial charge is 0.439 e. The van der Waals surface area contributed by atoms with Crippen LogP contribution in [-0.2, 0) is 28.6 Å². The van der Waals surface area contributed by atoms with E-state index in [4.69, 9.17) is 19.9 Å². The Morgan fingerprint density at radius 1 is 0.844 bits per heavy atom. The number of hydrogen-bond acceptors (Lipinski definition) is 9. The van der Waals surface area contributed by atoms with Crippen molar-refractivity contribution in [3.05, 3.63) is 149 Å². The minimum atomic E-state index is -1.94. The molecule has 6 atom stereocenters. The maximum absolute atomic E-state index is 14.2. The molecule has 11 nitrogen and oxygen atoms in total. The van der Waals surface area contributed by atoms with Gasteiger partial charge in [0.2, 0.25) is 11.6 Å². The lowest BCUT2D eigenvalue weighted by Crippen LogP contribution is -2.38. The number of ketones is 2. The number of ether oxygens (including phenoxy) is 3. The second-order valence-electron chi connectivity index (χ2n) is 16.8. The van der Waals surface area contributed by atoms with E-state index in [0.29, 0.717) is 18.5 Å². The number of nitrogens with one attached hydrogen (secondary N) is 2. The summed E-state index contributed by atoms with van der Waals surface area (Å²) in [4.78, 5) is 53.4. The number of unbranched alkanes of at least 4 members (excludes halogenated alkanes) is 3. The van der Waals surface area contributed by atoms with E-state index in [0.717, 1.165) is 31.8 Å². The Morgan fingerprint density at radius 2 is 1.42 bits per heavy atom. The number of primary amides is 1. The lowest BCUT2D eigenvalue weighted by atomic mass is 9.85. The molecular weight excluding hydrogens is 826 g/mol. The summed E-state index contributed by atoms with van der Waals surface area (Å²) in [6.07, 6.45) is 8.61. The van der Waals surface area contributed by atoms with Gasteiger partial charge in [-0.2, -0.15) is 0 Å². The molecule has 0 radical (unpaired) electrons. The van der Waals surface area contributed by atoms with Gasteiger partial charge in [-0.05, 0) is 93.8 Å². The molecule has 0 fully saturated rings. The van der Waals surface area contributed by atoms with Crippen LogP contribution >= 0.6 is 7.26 Å². The highest BCUT2D eigenvalue weighted by Crippen LogP contribution is 2.56. The van der Waals surface area contributed by atoms with Crippen LogP contribution in [0.3, 0.4) is 0 Å². The molecule has 1 aliphatic carbocycles. The molecule has 64 heavy (non-hydrogen) atoms. The summed E-state index contributed by atoms with van der Waals surface area (Å²) >= 11 is 0. The molecule has 0 saturated carbocycles. The molecule has 2 amide bonds. The van der Waals surface area contributed by atoms with Crippen LogP contribution in [0.2, 0.25) is 0 Å². The first-order valence-corrected chi connectivity index (χ1v) is 24.1. The standard InChI is InChI=1S/C52H64N3O8P/c1-35-31-42-47(54-29-18-7-8-19-30-64(39-22-12-9-13-23-39,40-24-14-10-15-25-40)41-26-16-11-17-27-41)44(56)34-43(49(42)58)55-51(59)36(2)21-20-28-45(61-5)50(63-52(53)60)38(4)33-37(3)48(57)46(32-35)62-6/h9-17,20-28,33-35,37,45-46,48,50,57H,7-8,18-19,29-32H2,1-6H3,(H3-,53,54,55,56,58,59,60)/p+1/b28-20-,36-21+,38-33+/t35-,37+,45+,46+,48-,50+/m1/s1. The van der Waals surface area contributed by atoms with Crippen molar-refractivity contribution in [1.29, 1.82) is 0 Å². The molecule has 12 heteroatoms. The van der Waals surface area contributed by atoms with Gasteiger partial charge in [0.1, 0.15) is 29.3 Å². The van der Waals surface area contributed by atoms with E-state index in [1.54, 1.807) is 32.1 Å². The Hall–Kier alpha value is -5.45. The van der Waals surface area contributed by atoms with Gasteiger partial charge in [-0.1, -0.05) is 99.2 Å². The number of methoxy groups -OCH3 is 2. The number of benzene rings is 3. The fraction of sp³-hybridized carbons (Fsp3) is 0.385. The number of carbonyl (C=O) groups excluding carboxylic acids is 4. The second kappa shape index (κ2) is 24.0. The predicted octanol–water partition coefficient (Wildman–Crippen LogP) is 6.91. The lowest BCUT2D eigenvalue weighted by molar-refractivity contribution is -0.120. The summed E-state index contributed by atoms with van der Waals surface area (Å²) in [5.41, 5.74) is 6.67. The van der Waals surface area contributed by atoms with Crippen molar-refractivity contribution in [3.8, 4) is 0 Å². The zero-order valence-electron chi connectivity index (χ0n) is 38.0. The van der Waals surface area contributed by atoms with Crippen LogP contribution in [0, 0.1) is 11.8 Å². The van der Waals surface area contributed by atoms with Crippen LogP contribution < -0.4 is 32.3 Å². The summed E-state index contributed by atoms with van der Waals surface area (Å²) in [5.74, 6) is -2.09. The second-order valence-corrected chi connectivity index (χ2v) is 20.4. The van der Waals surface area contributed by atoms with E-state index in [1.807, 2.05) is 13.8 Å². The fourth-order valence-electron chi connectivity index (χ4n) is 8.70. The number of aliphatic hydroxyl groups is 1. The van der Waals surface area contributed by atoms with Crippen LogP contribution in [-0.4, -0.2) is 80.0 Å². The zero-order chi connectivity index (χ0) is 46.2. The first-order chi connectivity index (χ1) is 30.8. The number of carbonyl (C=O) groups is 4. The predicted molar refractivity (Wildman–Crippen MR) is 256 cm³/mol. The Bertz CT molecular complexity index is 2120. The van der Waals surface area contributed by atoms with Crippen LogP contribution in [0.15, 0.2) is 149 Å². The molecule has 3 aromatic rings. The molecule has 1 heterocycles. The first-order valence-electron chi connectivity index (χ1n) is 22.2.